The Morgan fingerprint density at radius 3 is 0.934 bits per heavy atom. The average Bonchev–Trinajstić information content (AvgIpc) is 3.42. The number of aliphatic hydroxyl groups excluding tert-OH is 2. The molecule has 3 N–H and O–H groups in total. The second-order valence-electron chi connectivity index (χ2n) is 24.2. The van der Waals surface area contributed by atoms with E-state index in [2.05, 4.69) is 31.3 Å². The number of aliphatic hydroxyl groups is 2. The van der Waals surface area contributed by atoms with Gasteiger partial charge in [0.05, 0.1) is 25.4 Å². The van der Waals surface area contributed by atoms with Crippen LogP contribution in [0.2, 0.25) is 0 Å². The van der Waals surface area contributed by atoms with Crippen LogP contribution in [0.1, 0.15) is 399 Å². The smallest absolute Gasteiger partial charge is 0.305 e. The number of hydrogen-bond donors (Lipinski definition) is 3. The normalized spacial score (nSPS) is 12.5. The summed E-state index contributed by atoms with van der Waals surface area (Å²) in [5.41, 5.74) is 0. The van der Waals surface area contributed by atoms with E-state index in [1.54, 1.807) is 0 Å². The monoisotopic (exact) mass is 1070 g/mol. The number of hydrogen-bond acceptors (Lipinski definition) is 5. The number of carbonyl (C=O) groups excluding carboxylic acids is 2. The number of allylic oxidation sites excluding steroid dienone is 2. The lowest BCUT2D eigenvalue weighted by Gasteiger charge is -2.22. The van der Waals surface area contributed by atoms with Gasteiger partial charge in [-0.05, 0) is 51.4 Å². The highest BCUT2D eigenvalue weighted by molar-refractivity contribution is 5.76. The molecule has 0 radical (unpaired) electrons. The summed E-state index contributed by atoms with van der Waals surface area (Å²) >= 11 is 0. The molecule has 0 aromatic carbocycles. The minimum Gasteiger partial charge on any atom is -0.466 e. The number of amides is 1. The summed E-state index contributed by atoms with van der Waals surface area (Å²) < 4.78 is 5.50. The van der Waals surface area contributed by atoms with Crippen molar-refractivity contribution in [3.8, 4) is 0 Å². The number of esters is 1. The molecule has 0 saturated heterocycles. The van der Waals surface area contributed by atoms with E-state index in [1.165, 1.54) is 327 Å². The zero-order chi connectivity index (χ0) is 55.0. The zero-order valence-electron chi connectivity index (χ0n) is 51.8. The summed E-state index contributed by atoms with van der Waals surface area (Å²) in [5, 5.41) is 23.4. The molecular weight excluding hydrogens is 935 g/mol. The standard InChI is InChI=1S/C70H137NO5/c1-3-5-7-9-11-13-15-17-19-21-23-24-27-30-34-38-42-46-50-54-58-62-68(73)67(66-72)71-69(74)63-59-55-51-47-43-39-35-31-28-25-26-29-33-37-41-45-49-53-57-61-65-76-70(75)64-60-56-52-48-44-40-36-32-22-20-18-16-14-12-10-8-6-4-2/h25,28,67-68,72-73H,3-24,26-27,29-66H2,1-2H3,(H,71,74)/b28-25-. The minimum absolute atomic E-state index is 0.0119. The number of ether oxygens (including phenoxy) is 1. The van der Waals surface area contributed by atoms with Gasteiger partial charge in [-0.25, -0.2) is 0 Å². The molecule has 1 amide bonds. The lowest BCUT2D eigenvalue weighted by atomic mass is 10.0. The highest BCUT2D eigenvalue weighted by Gasteiger charge is 2.20. The van der Waals surface area contributed by atoms with Crippen LogP contribution in [0.3, 0.4) is 0 Å². The molecule has 0 aromatic rings. The zero-order valence-corrected chi connectivity index (χ0v) is 51.8. The van der Waals surface area contributed by atoms with E-state index in [0.29, 0.717) is 25.9 Å². The van der Waals surface area contributed by atoms with Gasteiger partial charge in [-0.2, -0.15) is 0 Å². The van der Waals surface area contributed by atoms with Gasteiger partial charge in [-0.3, -0.25) is 9.59 Å². The minimum atomic E-state index is -0.670. The first-order valence-corrected chi connectivity index (χ1v) is 34.9. The molecule has 6 heteroatoms. The van der Waals surface area contributed by atoms with Gasteiger partial charge < -0.3 is 20.3 Å². The van der Waals surface area contributed by atoms with Crippen LogP contribution < -0.4 is 5.32 Å². The van der Waals surface area contributed by atoms with E-state index >= 15 is 0 Å². The van der Waals surface area contributed by atoms with E-state index in [0.717, 1.165) is 38.5 Å². The van der Waals surface area contributed by atoms with Crippen LogP contribution in [-0.2, 0) is 14.3 Å². The highest BCUT2D eigenvalue weighted by atomic mass is 16.5. The van der Waals surface area contributed by atoms with Crippen LogP contribution in [0.15, 0.2) is 12.2 Å². The first-order valence-electron chi connectivity index (χ1n) is 34.9. The van der Waals surface area contributed by atoms with Gasteiger partial charge >= 0.3 is 5.97 Å². The van der Waals surface area contributed by atoms with Gasteiger partial charge in [0.2, 0.25) is 5.91 Å². The summed E-state index contributed by atoms with van der Waals surface area (Å²) in [5.74, 6) is -0.0270. The molecule has 0 rings (SSSR count). The SMILES string of the molecule is CCCCCCCCCCCCCCCCCCCCCCCC(O)C(CO)NC(=O)CCCCCCCCC/C=C\CCCCCCCCCCCOC(=O)CCCCCCCCCCCCCCCCCCCC. The van der Waals surface area contributed by atoms with Gasteiger partial charge in [-0.1, -0.05) is 347 Å². The second-order valence-corrected chi connectivity index (χ2v) is 24.2. The molecule has 2 unspecified atom stereocenters. The maximum absolute atomic E-state index is 12.5. The fraction of sp³-hybridized carbons (Fsp3) is 0.943. The molecule has 6 nitrogen and oxygen atoms in total. The summed E-state index contributed by atoms with van der Waals surface area (Å²) in [7, 11) is 0. The Labute approximate surface area is 476 Å². The summed E-state index contributed by atoms with van der Waals surface area (Å²) in [6, 6.07) is -0.548. The Hall–Kier alpha value is -1.40. The quantitative estimate of drug-likeness (QED) is 0.0320. The average molecular weight is 1070 g/mol. The highest BCUT2D eigenvalue weighted by Crippen LogP contribution is 2.19. The number of rotatable bonds is 66. The van der Waals surface area contributed by atoms with Gasteiger partial charge in [0.25, 0.3) is 0 Å². The van der Waals surface area contributed by atoms with Crippen molar-refractivity contribution in [3.63, 3.8) is 0 Å². The van der Waals surface area contributed by atoms with Gasteiger partial charge in [-0.15, -0.1) is 0 Å². The lowest BCUT2D eigenvalue weighted by Crippen LogP contribution is -2.45. The molecule has 0 aliphatic carbocycles. The molecule has 0 aliphatic heterocycles. The van der Waals surface area contributed by atoms with E-state index in [-0.39, 0.29) is 18.5 Å². The first-order chi connectivity index (χ1) is 37.5. The van der Waals surface area contributed by atoms with Crippen molar-refractivity contribution in [1.29, 1.82) is 0 Å². The lowest BCUT2D eigenvalue weighted by molar-refractivity contribution is -0.143. The predicted molar refractivity (Wildman–Crippen MR) is 333 cm³/mol. The van der Waals surface area contributed by atoms with Crippen LogP contribution in [0, 0.1) is 0 Å². The summed E-state index contributed by atoms with van der Waals surface area (Å²) in [6.45, 7) is 4.99. The van der Waals surface area contributed by atoms with Gasteiger partial charge in [0.1, 0.15) is 0 Å². The fourth-order valence-electron chi connectivity index (χ4n) is 11.2. The molecule has 452 valence electrons. The van der Waals surface area contributed by atoms with Gasteiger partial charge in [0, 0.05) is 12.8 Å². The number of carbonyl (C=O) groups is 2. The van der Waals surface area contributed by atoms with Crippen LogP contribution in [0.25, 0.3) is 0 Å². The van der Waals surface area contributed by atoms with Crippen molar-refractivity contribution in [3.05, 3.63) is 12.2 Å². The molecule has 2 atom stereocenters. The maximum Gasteiger partial charge on any atom is 0.305 e. The molecule has 76 heavy (non-hydrogen) atoms. The third-order valence-corrected chi connectivity index (χ3v) is 16.6. The molecule has 0 spiro atoms. The van der Waals surface area contributed by atoms with Crippen molar-refractivity contribution < 1.29 is 24.5 Å². The van der Waals surface area contributed by atoms with E-state index in [9.17, 15) is 19.8 Å². The molecule has 0 bridgehead atoms. The third kappa shape index (κ3) is 61.8. The Morgan fingerprint density at radius 1 is 0.355 bits per heavy atom. The van der Waals surface area contributed by atoms with Crippen molar-refractivity contribution in [1.82, 2.24) is 5.32 Å². The van der Waals surface area contributed by atoms with E-state index in [4.69, 9.17) is 4.74 Å². The third-order valence-electron chi connectivity index (χ3n) is 16.6. The molecule has 0 aliphatic rings. The van der Waals surface area contributed by atoms with Crippen LogP contribution in [-0.4, -0.2) is 47.4 Å². The number of unbranched alkanes of at least 4 members (excludes halogenated alkanes) is 53. The van der Waals surface area contributed by atoms with Crippen LogP contribution >= 0.6 is 0 Å². The fourth-order valence-corrected chi connectivity index (χ4v) is 11.2. The van der Waals surface area contributed by atoms with Gasteiger partial charge in [0.15, 0.2) is 0 Å². The Kier molecular flexibility index (Phi) is 64.9. The predicted octanol–water partition coefficient (Wildman–Crippen LogP) is 22.4. The first kappa shape index (κ1) is 74.6. The molecule has 0 saturated carbocycles. The van der Waals surface area contributed by atoms with E-state index < -0.39 is 12.1 Å². The molecular formula is C70H137NO5. The number of nitrogens with one attached hydrogen (secondary N) is 1. The maximum atomic E-state index is 12.5. The summed E-state index contributed by atoms with van der Waals surface area (Å²) in [6.07, 6.45) is 81.0. The van der Waals surface area contributed by atoms with Crippen molar-refractivity contribution in [2.24, 2.45) is 0 Å². The summed E-state index contributed by atoms with van der Waals surface area (Å²) in [4.78, 5) is 24.6. The van der Waals surface area contributed by atoms with Crippen molar-refractivity contribution in [2.75, 3.05) is 13.2 Å². The van der Waals surface area contributed by atoms with Crippen molar-refractivity contribution in [2.45, 2.75) is 411 Å². The topological polar surface area (TPSA) is 95.9 Å². The van der Waals surface area contributed by atoms with Crippen LogP contribution in [0.5, 0.6) is 0 Å². The molecule has 0 fully saturated rings. The largest absolute Gasteiger partial charge is 0.466 e. The molecule has 0 heterocycles. The van der Waals surface area contributed by atoms with Crippen LogP contribution in [0.4, 0.5) is 0 Å². The molecule has 0 aromatic heterocycles. The Bertz CT molecular complexity index is 1140. The second kappa shape index (κ2) is 66.1. The van der Waals surface area contributed by atoms with Crippen molar-refractivity contribution >= 4 is 11.9 Å². The Morgan fingerprint density at radius 2 is 0.618 bits per heavy atom. The Balaban J connectivity index is 3.40. The van der Waals surface area contributed by atoms with E-state index in [1.807, 2.05) is 0 Å².